The minimum absolute atomic E-state index is 0.136. The van der Waals surface area contributed by atoms with Crippen LogP contribution in [0.1, 0.15) is 34.7 Å². The Morgan fingerprint density at radius 3 is 2.35 bits per heavy atom. The number of aliphatic carboxylic acids is 1. The number of halogens is 4. The maximum Gasteiger partial charge on any atom is 0.490 e. The fraction of sp³-hybridized carbons (Fsp3) is 0.238. The molecule has 1 unspecified atom stereocenters. The van der Waals surface area contributed by atoms with Crippen LogP contribution in [0, 0.1) is 0 Å². The number of hydrogen-bond acceptors (Lipinski definition) is 6. The maximum absolute atomic E-state index is 12.1. The molecule has 16 heteroatoms. The minimum atomic E-state index is -5.08. The first-order valence-electron chi connectivity index (χ1n) is 10.2. The second-order valence-corrected chi connectivity index (χ2v) is 10.5. The molecule has 0 radical (unpaired) electrons. The normalized spacial score (nSPS) is 17.4. The topological polar surface area (TPSA) is 179 Å². The van der Waals surface area contributed by atoms with Crippen molar-refractivity contribution in [3.05, 3.63) is 63.9 Å². The van der Waals surface area contributed by atoms with Crippen molar-refractivity contribution in [2.45, 2.75) is 30.3 Å². The molecule has 5 N–H and O–H groups in total. The number of aromatic amines is 1. The van der Waals surface area contributed by atoms with Gasteiger partial charge in [-0.1, -0.05) is 40.2 Å². The highest BCUT2D eigenvalue weighted by atomic mass is 79.9. The highest BCUT2D eigenvalue weighted by molar-refractivity contribution is 9.10. The maximum atomic E-state index is 12.1. The van der Waals surface area contributed by atoms with Gasteiger partial charge in [0.2, 0.25) is 15.9 Å². The molecule has 1 saturated heterocycles. The fourth-order valence-electron chi connectivity index (χ4n) is 3.52. The van der Waals surface area contributed by atoms with Crippen molar-refractivity contribution in [2.24, 2.45) is 0 Å². The molecule has 4 rings (SSSR count). The second kappa shape index (κ2) is 10.8. The number of nitrogens with one attached hydrogen (secondary N) is 3. The largest absolute Gasteiger partial charge is 0.490 e. The Balaban J connectivity index is 0.000000479. The number of carboxylic acids is 1. The highest BCUT2D eigenvalue weighted by Gasteiger charge is 2.39. The monoisotopic (exact) mass is 606 g/mol. The van der Waals surface area contributed by atoms with Crippen LogP contribution in [-0.2, 0) is 26.0 Å². The number of hydrogen-bond donors (Lipinski definition) is 5. The van der Waals surface area contributed by atoms with Crippen molar-refractivity contribution in [3.8, 4) is 0 Å². The van der Waals surface area contributed by atoms with Crippen LogP contribution in [0.4, 0.5) is 18.0 Å². The van der Waals surface area contributed by atoms with E-state index < -0.39 is 45.5 Å². The van der Waals surface area contributed by atoms with Gasteiger partial charge in [0.25, 0.3) is 0 Å². The molecule has 0 saturated carbocycles. The molecular formula is C21H18BrF3N4O7S. The molecule has 1 fully saturated rings. The van der Waals surface area contributed by atoms with E-state index in [4.69, 9.17) is 9.90 Å². The van der Waals surface area contributed by atoms with Gasteiger partial charge in [0, 0.05) is 10.9 Å². The van der Waals surface area contributed by atoms with Gasteiger partial charge >= 0.3 is 18.2 Å². The predicted octanol–water partition coefficient (Wildman–Crippen LogP) is 3.40. The lowest BCUT2D eigenvalue weighted by Gasteiger charge is -2.16. The average Bonchev–Trinajstić information content (AvgIpc) is 3.32. The number of imidazole rings is 1. The van der Waals surface area contributed by atoms with E-state index in [-0.39, 0.29) is 6.42 Å². The number of carbonyl (C=O) groups is 3. The van der Waals surface area contributed by atoms with E-state index in [1.54, 1.807) is 18.2 Å². The number of alkyl halides is 3. The van der Waals surface area contributed by atoms with Crippen molar-refractivity contribution < 1.29 is 46.2 Å². The zero-order valence-electron chi connectivity index (χ0n) is 18.4. The average molecular weight is 607 g/mol. The summed E-state index contributed by atoms with van der Waals surface area (Å²) in [5, 5.41) is 17.9. The number of sulfonamides is 1. The van der Waals surface area contributed by atoms with Gasteiger partial charge in [-0.2, -0.15) is 13.2 Å². The molecule has 1 aliphatic heterocycles. The van der Waals surface area contributed by atoms with E-state index in [1.165, 1.54) is 0 Å². The predicted molar refractivity (Wildman–Crippen MR) is 126 cm³/mol. The zero-order valence-corrected chi connectivity index (χ0v) is 20.8. The molecule has 2 atom stereocenters. The van der Waals surface area contributed by atoms with Gasteiger partial charge < -0.3 is 20.5 Å². The van der Waals surface area contributed by atoms with Gasteiger partial charge in [-0.3, -0.25) is 9.52 Å². The van der Waals surface area contributed by atoms with Crippen LogP contribution in [0.25, 0.3) is 11.0 Å². The summed E-state index contributed by atoms with van der Waals surface area (Å²) in [6, 6.07) is 11.8. The lowest BCUT2D eigenvalue weighted by molar-refractivity contribution is -0.192. The number of H-pyrrole nitrogens is 1. The van der Waals surface area contributed by atoms with E-state index in [2.05, 4.69) is 31.2 Å². The lowest BCUT2D eigenvalue weighted by atomic mass is 10.0. The Hall–Kier alpha value is -3.66. The van der Waals surface area contributed by atoms with Crippen molar-refractivity contribution in [1.82, 2.24) is 20.0 Å². The summed E-state index contributed by atoms with van der Waals surface area (Å²) >= 11 is 3.39. The zero-order chi connectivity index (χ0) is 27.5. The molecule has 2 aromatic carbocycles. The van der Waals surface area contributed by atoms with Gasteiger partial charge in [-0.15, -0.1) is 0 Å². The molecule has 37 heavy (non-hydrogen) atoms. The molecular weight excluding hydrogens is 589 g/mol. The molecule has 0 bridgehead atoms. The van der Waals surface area contributed by atoms with Crippen molar-refractivity contribution in [1.29, 1.82) is 0 Å². The van der Waals surface area contributed by atoms with Crippen LogP contribution in [0.15, 0.2) is 46.9 Å². The van der Waals surface area contributed by atoms with E-state index >= 15 is 0 Å². The number of benzene rings is 2. The second-order valence-electron chi connectivity index (χ2n) is 7.77. The van der Waals surface area contributed by atoms with Crippen LogP contribution in [0.5, 0.6) is 0 Å². The Labute approximate surface area is 215 Å². The van der Waals surface area contributed by atoms with Crippen molar-refractivity contribution in [3.63, 3.8) is 0 Å². The first-order valence-corrected chi connectivity index (χ1v) is 12.6. The summed E-state index contributed by atoms with van der Waals surface area (Å²) in [7, 11) is -3.76. The Morgan fingerprint density at radius 2 is 1.84 bits per heavy atom. The molecule has 2 heterocycles. The van der Waals surface area contributed by atoms with Crippen LogP contribution in [0.2, 0.25) is 0 Å². The summed E-state index contributed by atoms with van der Waals surface area (Å²) < 4.78 is 58.5. The van der Waals surface area contributed by atoms with Crippen molar-refractivity contribution >= 4 is 55.0 Å². The number of aromatic nitrogens is 2. The van der Waals surface area contributed by atoms with E-state index in [1.807, 2.05) is 29.0 Å². The van der Waals surface area contributed by atoms with Gasteiger partial charge in [-0.25, -0.2) is 23.0 Å². The molecule has 1 aromatic heterocycles. The highest BCUT2D eigenvalue weighted by Crippen LogP contribution is 2.35. The summed E-state index contributed by atoms with van der Waals surface area (Å²) in [5.41, 5.74) is 2.76. The quantitative estimate of drug-likeness (QED) is 0.293. The molecule has 11 nitrogen and oxygen atoms in total. The Kier molecular flexibility index (Phi) is 8.12. The van der Waals surface area contributed by atoms with Gasteiger partial charge in [0.15, 0.2) is 0 Å². The van der Waals surface area contributed by atoms with Crippen molar-refractivity contribution in [2.75, 3.05) is 0 Å². The number of para-hydroxylation sites is 2. The summed E-state index contributed by atoms with van der Waals surface area (Å²) in [6.45, 7) is 0. The molecule has 1 aliphatic rings. The third kappa shape index (κ3) is 6.97. The van der Waals surface area contributed by atoms with Crippen LogP contribution < -0.4 is 10.0 Å². The lowest BCUT2D eigenvalue weighted by Crippen LogP contribution is -2.29. The smallest absolute Gasteiger partial charge is 0.475 e. The molecule has 0 aliphatic carbocycles. The SMILES string of the molecule is O=C(O)C(F)(F)F.O=C(O)N[C@@H](Cc1ccc(C2CC(=O)NS2(=O)=O)c(Br)c1)c1nc2ccccc2[nH]1. The third-order valence-electron chi connectivity index (χ3n) is 5.13. The first-order chi connectivity index (χ1) is 17.2. The number of rotatable bonds is 5. The van der Waals surface area contributed by atoms with E-state index in [0.29, 0.717) is 22.3 Å². The van der Waals surface area contributed by atoms with E-state index in [0.717, 1.165) is 16.6 Å². The number of carboxylic acid groups (broad SMARTS) is 2. The van der Waals surface area contributed by atoms with Gasteiger partial charge in [0.1, 0.15) is 11.1 Å². The van der Waals surface area contributed by atoms with E-state index in [9.17, 15) is 36.3 Å². The summed E-state index contributed by atoms with van der Waals surface area (Å²) in [6.07, 6.45) is -6.11. The number of fused-ring (bicyclic) bond motifs is 1. The first kappa shape index (κ1) is 27.9. The fourth-order valence-corrected chi connectivity index (χ4v) is 5.83. The molecule has 2 amide bonds. The van der Waals surface area contributed by atoms with Crippen LogP contribution in [-0.4, -0.2) is 52.7 Å². The minimum Gasteiger partial charge on any atom is -0.475 e. The third-order valence-corrected chi connectivity index (χ3v) is 7.50. The number of amides is 2. The summed E-state index contributed by atoms with van der Waals surface area (Å²) in [5.74, 6) is -2.81. The molecule has 0 spiro atoms. The number of carbonyl (C=O) groups excluding carboxylic acids is 1. The Morgan fingerprint density at radius 1 is 1.19 bits per heavy atom. The molecule has 198 valence electrons. The van der Waals surface area contributed by atoms with Crippen LogP contribution >= 0.6 is 15.9 Å². The Bertz CT molecular complexity index is 1430. The standard InChI is InChI=1S/C19H17BrN4O5S.C2HF3O2/c20-12-7-10(5-6-11(12)16-9-17(25)24-30(16,28)29)8-15(23-19(26)27)18-21-13-3-1-2-4-14(13)22-18;3-2(4,5)1(6)7/h1-7,15-16,23H,8-9H2,(H,21,22)(H,24,25)(H,26,27);(H,6,7)/t15-,16?;/m0./s1. The van der Waals surface area contributed by atoms with Gasteiger partial charge in [0.05, 0.1) is 23.5 Å². The van der Waals surface area contributed by atoms with Crippen LogP contribution in [0.3, 0.4) is 0 Å². The number of nitrogens with zero attached hydrogens (tertiary/aromatic N) is 1. The van der Waals surface area contributed by atoms with Gasteiger partial charge in [-0.05, 0) is 29.3 Å². The summed E-state index contributed by atoms with van der Waals surface area (Å²) in [4.78, 5) is 39.3. The molecule has 3 aromatic rings.